The van der Waals surface area contributed by atoms with Crippen molar-refractivity contribution in [1.29, 1.82) is 0 Å². The van der Waals surface area contributed by atoms with E-state index >= 15 is 0 Å². The molecule has 0 bridgehead atoms. The summed E-state index contributed by atoms with van der Waals surface area (Å²) in [5.74, 6) is -0.670. The van der Waals surface area contributed by atoms with Gasteiger partial charge in [0, 0.05) is 0 Å². The molecule has 0 spiro atoms. The quantitative estimate of drug-likeness (QED) is 0.672. The highest BCUT2D eigenvalue weighted by Gasteiger charge is 2.26. The van der Waals surface area contributed by atoms with Crippen molar-refractivity contribution in [2.24, 2.45) is 5.92 Å². The number of esters is 1. The van der Waals surface area contributed by atoms with Gasteiger partial charge in [-0.3, -0.25) is 4.79 Å². The third-order valence-corrected chi connectivity index (χ3v) is 2.23. The fourth-order valence-corrected chi connectivity index (χ4v) is 1.75. The van der Waals surface area contributed by atoms with Crippen molar-refractivity contribution in [2.45, 2.75) is 26.8 Å². The zero-order chi connectivity index (χ0) is 11.4. The molecule has 0 aromatic heterocycles. The van der Waals surface area contributed by atoms with Crippen LogP contribution in [-0.4, -0.2) is 33.3 Å². The molecule has 0 saturated heterocycles. The fraction of sp³-hybridized carbons (Fsp3) is 0.875. The van der Waals surface area contributed by atoms with E-state index in [4.69, 9.17) is 4.74 Å². The Balaban J connectivity index is 4.53. The van der Waals surface area contributed by atoms with Crippen molar-refractivity contribution in [3.8, 4) is 0 Å². The average Bonchev–Trinajstić information content (AvgIpc) is 1.98. The molecule has 0 rings (SSSR count). The van der Waals surface area contributed by atoms with Crippen LogP contribution in [0.4, 0.5) is 0 Å². The summed E-state index contributed by atoms with van der Waals surface area (Å²) in [6.45, 7) is 5.42. The molecule has 5 nitrogen and oxygen atoms in total. The van der Waals surface area contributed by atoms with E-state index in [1.54, 1.807) is 20.8 Å². The lowest BCUT2D eigenvalue weighted by Gasteiger charge is -2.18. The third-order valence-electron chi connectivity index (χ3n) is 1.55. The van der Waals surface area contributed by atoms with Gasteiger partial charge in [0.1, 0.15) is 6.04 Å². The first kappa shape index (κ1) is 13.4. The molecular weight excluding hydrogens is 206 g/mol. The van der Waals surface area contributed by atoms with Crippen LogP contribution in [0.25, 0.3) is 0 Å². The zero-order valence-electron chi connectivity index (χ0n) is 8.90. The highest BCUT2D eigenvalue weighted by Crippen LogP contribution is 2.05. The first-order valence-corrected chi connectivity index (χ1v) is 6.31. The molecule has 0 unspecified atom stereocenters. The van der Waals surface area contributed by atoms with Gasteiger partial charge in [0.15, 0.2) is 0 Å². The molecule has 0 aromatic carbocycles. The lowest BCUT2D eigenvalue weighted by Crippen LogP contribution is -2.44. The lowest BCUT2D eigenvalue weighted by molar-refractivity contribution is -0.146. The number of hydrogen-bond acceptors (Lipinski definition) is 4. The Kier molecular flexibility index (Phi) is 5.07. The molecule has 0 aliphatic rings. The maximum Gasteiger partial charge on any atom is 0.324 e. The molecule has 0 heterocycles. The van der Waals surface area contributed by atoms with Gasteiger partial charge < -0.3 is 4.74 Å². The largest absolute Gasteiger partial charge is 0.465 e. The van der Waals surface area contributed by atoms with Gasteiger partial charge in [-0.1, -0.05) is 13.8 Å². The summed E-state index contributed by atoms with van der Waals surface area (Å²) in [6, 6.07) is -0.801. The van der Waals surface area contributed by atoms with Crippen molar-refractivity contribution < 1.29 is 17.9 Å². The van der Waals surface area contributed by atoms with Crippen LogP contribution in [0.5, 0.6) is 0 Å². The number of nitrogens with one attached hydrogen (secondary N) is 1. The molecule has 0 fully saturated rings. The van der Waals surface area contributed by atoms with E-state index in [1.807, 2.05) is 0 Å². The lowest BCUT2D eigenvalue weighted by atomic mass is 10.1. The van der Waals surface area contributed by atoms with Crippen LogP contribution >= 0.6 is 0 Å². The molecule has 0 saturated carbocycles. The number of hydrogen-bond donors (Lipinski definition) is 1. The van der Waals surface area contributed by atoms with Crippen LogP contribution in [0, 0.1) is 5.92 Å². The minimum atomic E-state index is -3.38. The minimum Gasteiger partial charge on any atom is -0.465 e. The second-order valence-corrected chi connectivity index (χ2v) is 5.14. The van der Waals surface area contributed by atoms with Gasteiger partial charge in [-0.15, -0.1) is 0 Å². The van der Waals surface area contributed by atoms with E-state index in [1.165, 1.54) is 0 Å². The van der Waals surface area contributed by atoms with E-state index in [2.05, 4.69) is 4.72 Å². The Labute approximate surface area is 84.9 Å². The molecule has 0 aliphatic heterocycles. The van der Waals surface area contributed by atoms with Crippen molar-refractivity contribution in [2.75, 3.05) is 12.9 Å². The molecule has 0 radical (unpaired) electrons. The molecule has 0 aliphatic carbocycles. The summed E-state index contributed by atoms with van der Waals surface area (Å²) in [7, 11) is -3.38. The van der Waals surface area contributed by atoms with Gasteiger partial charge >= 0.3 is 5.97 Å². The van der Waals surface area contributed by atoms with E-state index < -0.39 is 22.0 Å². The van der Waals surface area contributed by atoms with Crippen LogP contribution in [0.2, 0.25) is 0 Å². The zero-order valence-corrected chi connectivity index (χ0v) is 9.72. The van der Waals surface area contributed by atoms with E-state index in [9.17, 15) is 13.2 Å². The predicted molar refractivity (Wildman–Crippen MR) is 53.2 cm³/mol. The predicted octanol–water partition coefficient (Wildman–Crippen LogP) is 0.123. The molecule has 0 amide bonds. The molecule has 84 valence electrons. The maximum atomic E-state index is 11.3. The van der Waals surface area contributed by atoms with Gasteiger partial charge in [0.05, 0.1) is 12.9 Å². The normalized spacial score (nSPS) is 14.1. The fourth-order valence-electron chi connectivity index (χ4n) is 0.919. The Morgan fingerprint density at radius 1 is 1.43 bits per heavy atom. The first-order valence-electron chi connectivity index (χ1n) is 4.42. The molecule has 0 aromatic rings. The van der Waals surface area contributed by atoms with Crippen molar-refractivity contribution in [3.05, 3.63) is 0 Å². The van der Waals surface area contributed by atoms with E-state index in [0.717, 1.165) is 6.26 Å². The summed E-state index contributed by atoms with van der Waals surface area (Å²) in [5.41, 5.74) is 0. The molecule has 1 N–H and O–H groups in total. The Hall–Kier alpha value is -0.620. The van der Waals surface area contributed by atoms with Crippen LogP contribution in [0.1, 0.15) is 20.8 Å². The number of ether oxygens (including phenoxy) is 1. The SMILES string of the molecule is CCOC(=O)[C@@H](NS(C)(=O)=O)C(C)C. The van der Waals surface area contributed by atoms with Gasteiger partial charge in [0.2, 0.25) is 10.0 Å². The summed E-state index contributed by atoms with van der Waals surface area (Å²) >= 11 is 0. The highest BCUT2D eigenvalue weighted by molar-refractivity contribution is 7.88. The monoisotopic (exact) mass is 223 g/mol. The first-order chi connectivity index (χ1) is 6.28. The molecular formula is C8H17NO4S. The number of carbonyl (C=O) groups excluding carboxylic acids is 1. The van der Waals surface area contributed by atoms with Gasteiger partial charge in [-0.2, -0.15) is 0 Å². The molecule has 1 atom stereocenters. The number of carbonyl (C=O) groups is 1. The summed E-state index contributed by atoms with van der Waals surface area (Å²) in [4.78, 5) is 11.3. The number of sulfonamides is 1. The topological polar surface area (TPSA) is 72.5 Å². The average molecular weight is 223 g/mol. The smallest absolute Gasteiger partial charge is 0.324 e. The van der Waals surface area contributed by atoms with E-state index in [-0.39, 0.29) is 12.5 Å². The summed E-state index contributed by atoms with van der Waals surface area (Å²) in [6.07, 6.45) is 1.02. The third kappa shape index (κ3) is 5.18. The van der Waals surface area contributed by atoms with Gasteiger partial charge in [-0.05, 0) is 12.8 Å². The standard InChI is InChI=1S/C8H17NO4S/c1-5-13-8(10)7(6(2)3)9-14(4,11)12/h6-7,9H,5H2,1-4H3/t7-/m0/s1. The van der Waals surface area contributed by atoms with E-state index in [0.29, 0.717) is 0 Å². The van der Waals surface area contributed by atoms with Crippen molar-refractivity contribution in [1.82, 2.24) is 4.72 Å². The van der Waals surface area contributed by atoms with Crippen LogP contribution in [0.15, 0.2) is 0 Å². The molecule has 14 heavy (non-hydrogen) atoms. The van der Waals surface area contributed by atoms with Crippen molar-refractivity contribution in [3.63, 3.8) is 0 Å². The van der Waals surface area contributed by atoms with Crippen LogP contribution < -0.4 is 4.72 Å². The Morgan fingerprint density at radius 2 is 1.93 bits per heavy atom. The Bertz CT molecular complexity index is 284. The molecule has 6 heteroatoms. The number of rotatable bonds is 5. The minimum absolute atomic E-state index is 0.135. The Morgan fingerprint density at radius 3 is 2.21 bits per heavy atom. The summed E-state index contributed by atoms with van der Waals surface area (Å²) < 4.78 is 28.9. The van der Waals surface area contributed by atoms with Crippen LogP contribution in [-0.2, 0) is 19.6 Å². The van der Waals surface area contributed by atoms with Crippen LogP contribution in [0.3, 0.4) is 0 Å². The summed E-state index contributed by atoms with van der Waals surface area (Å²) in [5, 5.41) is 0. The van der Waals surface area contributed by atoms with Gasteiger partial charge in [0.25, 0.3) is 0 Å². The highest BCUT2D eigenvalue weighted by atomic mass is 32.2. The maximum absolute atomic E-state index is 11.3. The second kappa shape index (κ2) is 5.31. The van der Waals surface area contributed by atoms with Crippen molar-refractivity contribution >= 4 is 16.0 Å². The van der Waals surface area contributed by atoms with Gasteiger partial charge in [-0.25, -0.2) is 13.1 Å². The second-order valence-electron chi connectivity index (χ2n) is 3.36.